The van der Waals surface area contributed by atoms with Crippen LogP contribution in [0.15, 0.2) is 21.5 Å². The van der Waals surface area contributed by atoms with E-state index in [-0.39, 0.29) is 0 Å². The number of rotatable bonds is 3. The third-order valence-electron chi connectivity index (χ3n) is 3.09. The second-order valence-electron chi connectivity index (χ2n) is 5.56. The summed E-state index contributed by atoms with van der Waals surface area (Å²) in [4.78, 5) is 0. The van der Waals surface area contributed by atoms with Gasteiger partial charge in [0.2, 0.25) is 0 Å². The molecule has 1 aliphatic carbocycles. The molecule has 0 aliphatic heterocycles. The summed E-state index contributed by atoms with van der Waals surface area (Å²) < 4.78 is 11.0. The van der Waals surface area contributed by atoms with E-state index < -0.39 is 18.8 Å². The van der Waals surface area contributed by atoms with Gasteiger partial charge in [-0.15, -0.1) is 0 Å². The summed E-state index contributed by atoms with van der Waals surface area (Å²) in [5.74, 6) is 0. The SMILES string of the molecule is CC[CH2][Zr]([CH3])([CH3])([CH3])[C]1=CC=CC1. The van der Waals surface area contributed by atoms with Crippen LogP contribution in [0.4, 0.5) is 0 Å². The Bertz CT molecular complexity index is 225. The monoisotopic (exact) mass is 243 g/mol. The van der Waals surface area contributed by atoms with Crippen molar-refractivity contribution in [1.29, 1.82) is 0 Å². The molecule has 0 aromatic carbocycles. The molecule has 1 heteroatoms. The van der Waals surface area contributed by atoms with Gasteiger partial charge in [0, 0.05) is 0 Å². The Morgan fingerprint density at radius 2 is 2.00 bits per heavy atom. The van der Waals surface area contributed by atoms with Crippen LogP contribution in [0.5, 0.6) is 0 Å². The van der Waals surface area contributed by atoms with Crippen molar-refractivity contribution in [2.45, 2.75) is 37.8 Å². The Balaban J connectivity index is 2.82. The fourth-order valence-corrected chi connectivity index (χ4v) is 11.2. The normalized spacial score (nSPS) is 20.3. The van der Waals surface area contributed by atoms with E-state index in [9.17, 15) is 0 Å². The summed E-state index contributed by atoms with van der Waals surface area (Å²) in [5, 5.41) is 0. The molecule has 0 saturated heterocycles. The van der Waals surface area contributed by atoms with Gasteiger partial charge in [0.1, 0.15) is 0 Å². The zero-order chi connectivity index (χ0) is 9.27. The Morgan fingerprint density at radius 3 is 2.42 bits per heavy atom. The summed E-state index contributed by atoms with van der Waals surface area (Å²) in [5.41, 5.74) is 0. The summed E-state index contributed by atoms with van der Waals surface area (Å²) >= 11 is -2.31. The van der Waals surface area contributed by atoms with Crippen molar-refractivity contribution in [3.8, 4) is 0 Å². The van der Waals surface area contributed by atoms with Crippen molar-refractivity contribution in [2.24, 2.45) is 0 Å². The molecular weight excluding hydrogens is 223 g/mol. The van der Waals surface area contributed by atoms with E-state index in [4.69, 9.17) is 0 Å². The fraction of sp³-hybridized carbons (Fsp3) is 0.636. The zero-order valence-corrected chi connectivity index (χ0v) is 11.3. The van der Waals surface area contributed by atoms with E-state index in [2.05, 4.69) is 39.0 Å². The maximum absolute atomic E-state index is 2.57. The first-order chi connectivity index (χ1) is 5.44. The van der Waals surface area contributed by atoms with Crippen LogP contribution >= 0.6 is 0 Å². The van der Waals surface area contributed by atoms with Crippen molar-refractivity contribution < 1.29 is 18.8 Å². The van der Waals surface area contributed by atoms with Crippen LogP contribution in [0.25, 0.3) is 0 Å². The zero-order valence-electron chi connectivity index (χ0n) is 8.85. The van der Waals surface area contributed by atoms with E-state index in [1.807, 2.05) is 0 Å². The van der Waals surface area contributed by atoms with Crippen LogP contribution in [0, 0.1) is 0 Å². The average molecular weight is 245 g/mol. The van der Waals surface area contributed by atoms with Crippen LogP contribution in [-0.2, 0) is 18.8 Å². The molecule has 0 radical (unpaired) electrons. The van der Waals surface area contributed by atoms with Gasteiger partial charge in [0.25, 0.3) is 0 Å². The molecule has 0 atom stereocenters. The predicted molar refractivity (Wildman–Crippen MR) is 54.5 cm³/mol. The van der Waals surface area contributed by atoms with E-state index in [0.717, 1.165) is 0 Å². The second kappa shape index (κ2) is 3.25. The van der Waals surface area contributed by atoms with E-state index in [0.29, 0.717) is 0 Å². The molecule has 0 heterocycles. The Kier molecular flexibility index (Phi) is 2.83. The third kappa shape index (κ3) is 2.19. The first-order valence-corrected chi connectivity index (χ1v) is 15.4. The summed E-state index contributed by atoms with van der Waals surface area (Å²) in [7, 11) is 0. The molecule has 12 heavy (non-hydrogen) atoms. The van der Waals surface area contributed by atoms with Crippen LogP contribution in [-0.4, -0.2) is 0 Å². The molecule has 0 unspecified atom stereocenters. The van der Waals surface area contributed by atoms with Crippen LogP contribution < -0.4 is 0 Å². The van der Waals surface area contributed by atoms with Gasteiger partial charge in [0.05, 0.1) is 0 Å². The molecule has 0 bridgehead atoms. The molecule has 69 valence electrons. The first kappa shape index (κ1) is 10.4. The summed E-state index contributed by atoms with van der Waals surface area (Å²) in [6.07, 6.45) is 9.51. The van der Waals surface area contributed by atoms with Gasteiger partial charge in [-0.2, -0.15) is 0 Å². The molecule has 0 spiro atoms. The van der Waals surface area contributed by atoms with Gasteiger partial charge in [-0.05, 0) is 0 Å². The van der Waals surface area contributed by atoms with E-state index in [1.54, 1.807) is 3.28 Å². The van der Waals surface area contributed by atoms with Gasteiger partial charge in [-0.25, -0.2) is 0 Å². The Labute approximate surface area is 77.9 Å². The molecule has 1 rings (SSSR count). The minimum atomic E-state index is -2.31. The van der Waals surface area contributed by atoms with Gasteiger partial charge in [0.15, 0.2) is 0 Å². The van der Waals surface area contributed by atoms with Crippen molar-refractivity contribution in [3.05, 3.63) is 21.5 Å². The van der Waals surface area contributed by atoms with Crippen LogP contribution in [0.3, 0.4) is 0 Å². The molecule has 0 amide bonds. The second-order valence-corrected chi connectivity index (χ2v) is 25.5. The molecule has 0 nitrogen and oxygen atoms in total. The number of hydrogen-bond donors (Lipinski definition) is 0. The van der Waals surface area contributed by atoms with Crippen molar-refractivity contribution in [1.82, 2.24) is 0 Å². The topological polar surface area (TPSA) is 0 Å². The molecule has 0 N–H and O–H groups in total. The van der Waals surface area contributed by atoms with E-state index >= 15 is 0 Å². The Hall–Kier alpha value is 0.363. The molecule has 0 aromatic rings. The molecule has 0 aromatic heterocycles. The van der Waals surface area contributed by atoms with Crippen molar-refractivity contribution >= 4 is 0 Å². The molecular formula is C11H21Zr. The summed E-state index contributed by atoms with van der Waals surface area (Å²) in [6, 6.07) is 0. The Morgan fingerprint density at radius 1 is 1.33 bits per heavy atom. The third-order valence-corrected chi connectivity index (χ3v) is 15.4. The van der Waals surface area contributed by atoms with Gasteiger partial charge >= 0.3 is 78.1 Å². The molecule has 0 saturated carbocycles. The number of allylic oxidation sites excluding steroid dienone is 4. The first-order valence-electron chi connectivity index (χ1n) is 5.03. The number of hydrogen-bond acceptors (Lipinski definition) is 0. The standard InChI is InChI=1S/C5H5.C3H7.3CH3.Zr/c1-2-4-5-3-1;1-3-2;;;;/h1-3H,4H2;1,3H2,2H3;3*1H3;. The summed E-state index contributed by atoms with van der Waals surface area (Å²) in [6.45, 7) is 2.31. The van der Waals surface area contributed by atoms with Gasteiger partial charge < -0.3 is 0 Å². The predicted octanol–water partition coefficient (Wildman–Crippen LogP) is 4.49. The van der Waals surface area contributed by atoms with Crippen molar-refractivity contribution in [2.75, 3.05) is 0 Å². The average Bonchev–Trinajstić information content (AvgIpc) is 2.35. The molecule has 0 fully saturated rings. The van der Waals surface area contributed by atoms with Gasteiger partial charge in [-0.1, -0.05) is 0 Å². The quantitative estimate of drug-likeness (QED) is 0.686. The fourth-order valence-electron chi connectivity index (χ4n) is 2.17. The molecule has 1 aliphatic rings. The van der Waals surface area contributed by atoms with Crippen LogP contribution in [0.2, 0.25) is 18.0 Å². The minimum absolute atomic E-state index is 1.24. The maximum atomic E-state index is 2.57. The van der Waals surface area contributed by atoms with Crippen LogP contribution in [0.1, 0.15) is 19.8 Å². The van der Waals surface area contributed by atoms with Gasteiger partial charge in [-0.3, -0.25) is 0 Å². The van der Waals surface area contributed by atoms with E-state index in [1.165, 1.54) is 17.0 Å². The van der Waals surface area contributed by atoms with Crippen molar-refractivity contribution in [3.63, 3.8) is 0 Å².